The summed E-state index contributed by atoms with van der Waals surface area (Å²) >= 11 is 0. The smallest absolute Gasteiger partial charge is 0.165 e. The fourth-order valence-electron chi connectivity index (χ4n) is 1.75. The molecule has 1 rings (SSSR count). The lowest BCUT2D eigenvalue weighted by Gasteiger charge is -2.14. The van der Waals surface area contributed by atoms with E-state index in [4.69, 9.17) is 5.11 Å². The van der Waals surface area contributed by atoms with Crippen LogP contribution in [0.4, 0.5) is 4.39 Å². The van der Waals surface area contributed by atoms with Crippen molar-refractivity contribution in [3.05, 3.63) is 29.6 Å². The molecule has 0 saturated heterocycles. The first kappa shape index (κ1) is 13.9. The topological polar surface area (TPSA) is 52.5 Å². The molecule has 0 saturated carbocycles. The molecular formula is C13H20FNO2. The molecular weight excluding hydrogens is 221 g/mol. The summed E-state index contributed by atoms with van der Waals surface area (Å²) in [6, 6.07) is 4.51. The third-order valence-corrected chi connectivity index (χ3v) is 2.93. The van der Waals surface area contributed by atoms with E-state index >= 15 is 0 Å². The molecule has 4 heteroatoms. The van der Waals surface area contributed by atoms with Gasteiger partial charge >= 0.3 is 0 Å². The number of aliphatic hydroxyl groups is 1. The minimum atomic E-state index is -0.591. The number of nitrogens with one attached hydrogen (secondary N) is 1. The van der Waals surface area contributed by atoms with Gasteiger partial charge in [0.15, 0.2) is 11.6 Å². The molecule has 96 valence electrons. The maximum atomic E-state index is 13.0. The Morgan fingerprint density at radius 3 is 2.82 bits per heavy atom. The number of aliphatic hydroxyl groups excluding tert-OH is 1. The fraction of sp³-hybridized carbons (Fsp3) is 0.538. The number of hydrogen-bond donors (Lipinski definition) is 3. The van der Waals surface area contributed by atoms with Crippen molar-refractivity contribution < 1.29 is 14.6 Å². The van der Waals surface area contributed by atoms with Gasteiger partial charge in [0.1, 0.15) is 0 Å². The van der Waals surface area contributed by atoms with Gasteiger partial charge in [-0.05, 0) is 24.9 Å². The van der Waals surface area contributed by atoms with Crippen LogP contribution in [0.2, 0.25) is 0 Å². The highest BCUT2D eigenvalue weighted by molar-refractivity contribution is 5.33. The lowest BCUT2D eigenvalue weighted by molar-refractivity contribution is 0.251. The molecule has 0 aliphatic carbocycles. The molecule has 1 aromatic rings. The molecule has 1 atom stereocenters. The van der Waals surface area contributed by atoms with Crippen molar-refractivity contribution in [2.75, 3.05) is 13.2 Å². The van der Waals surface area contributed by atoms with Crippen LogP contribution in [0, 0.1) is 11.7 Å². The second-order valence-electron chi connectivity index (χ2n) is 4.17. The van der Waals surface area contributed by atoms with Gasteiger partial charge < -0.3 is 15.5 Å². The van der Waals surface area contributed by atoms with Crippen molar-refractivity contribution in [1.82, 2.24) is 5.32 Å². The van der Waals surface area contributed by atoms with Crippen LogP contribution >= 0.6 is 0 Å². The largest absolute Gasteiger partial charge is 0.505 e. The summed E-state index contributed by atoms with van der Waals surface area (Å²) in [6.07, 6.45) is 1.75. The molecule has 0 fully saturated rings. The Labute approximate surface area is 101 Å². The van der Waals surface area contributed by atoms with E-state index in [0.29, 0.717) is 18.0 Å². The van der Waals surface area contributed by atoms with Crippen LogP contribution in [0.3, 0.4) is 0 Å². The first-order valence-corrected chi connectivity index (χ1v) is 5.97. The Balaban J connectivity index is 2.42. The molecule has 1 unspecified atom stereocenters. The Morgan fingerprint density at radius 1 is 1.41 bits per heavy atom. The number of hydrogen-bond acceptors (Lipinski definition) is 3. The highest BCUT2D eigenvalue weighted by Crippen LogP contribution is 2.20. The minimum absolute atomic E-state index is 0.186. The van der Waals surface area contributed by atoms with Gasteiger partial charge in [0.05, 0.1) is 0 Å². The zero-order valence-corrected chi connectivity index (χ0v) is 10.1. The van der Waals surface area contributed by atoms with Gasteiger partial charge in [-0.25, -0.2) is 4.39 Å². The van der Waals surface area contributed by atoms with E-state index in [-0.39, 0.29) is 12.4 Å². The van der Waals surface area contributed by atoms with Crippen LogP contribution < -0.4 is 5.32 Å². The fourth-order valence-corrected chi connectivity index (χ4v) is 1.75. The molecule has 0 amide bonds. The van der Waals surface area contributed by atoms with Gasteiger partial charge in [0.2, 0.25) is 0 Å². The van der Waals surface area contributed by atoms with Crippen molar-refractivity contribution in [1.29, 1.82) is 0 Å². The maximum absolute atomic E-state index is 13.0. The molecule has 0 spiro atoms. The zero-order chi connectivity index (χ0) is 12.7. The van der Waals surface area contributed by atoms with Crippen LogP contribution in [-0.4, -0.2) is 23.4 Å². The molecule has 17 heavy (non-hydrogen) atoms. The zero-order valence-electron chi connectivity index (χ0n) is 10.1. The molecule has 1 aromatic carbocycles. The van der Waals surface area contributed by atoms with E-state index in [9.17, 15) is 9.50 Å². The number of aromatic hydroxyl groups is 1. The number of para-hydroxylation sites is 1. The van der Waals surface area contributed by atoms with E-state index in [2.05, 4.69) is 12.2 Å². The van der Waals surface area contributed by atoms with Gasteiger partial charge in [-0.2, -0.15) is 0 Å². The first-order chi connectivity index (χ1) is 8.19. The second-order valence-corrected chi connectivity index (χ2v) is 4.17. The number of benzene rings is 1. The van der Waals surface area contributed by atoms with E-state index in [1.165, 1.54) is 6.07 Å². The number of rotatable bonds is 7. The molecule has 0 heterocycles. The van der Waals surface area contributed by atoms with E-state index in [1.54, 1.807) is 12.1 Å². The standard InChI is InChI=1S/C13H20FNO2/c1-2-10(6-7-16)8-15-9-11-4-3-5-12(14)13(11)17/h3-5,10,15-17H,2,6-9H2,1H3. The molecule has 3 nitrogen and oxygen atoms in total. The molecule has 0 radical (unpaired) electrons. The van der Waals surface area contributed by atoms with Crippen molar-refractivity contribution >= 4 is 0 Å². The Bertz CT molecular complexity index is 344. The average Bonchev–Trinajstić information content (AvgIpc) is 2.33. The summed E-state index contributed by atoms with van der Waals surface area (Å²) in [4.78, 5) is 0. The minimum Gasteiger partial charge on any atom is -0.505 e. The Kier molecular flexibility index (Phi) is 5.94. The summed E-state index contributed by atoms with van der Waals surface area (Å²) in [5.74, 6) is -0.461. The van der Waals surface area contributed by atoms with Gasteiger partial charge in [0, 0.05) is 18.7 Å². The normalized spacial score (nSPS) is 12.6. The van der Waals surface area contributed by atoms with E-state index < -0.39 is 5.82 Å². The van der Waals surface area contributed by atoms with Crippen LogP contribution in [-0.2, 0) is 6.54 Å². The van der Waals surface area contributed by atoms with Crippen LogP contribution in [0.1, 0.15) is 25.3 Å². The molecule has 0 aliphatic heterocycles. The predicted octanol–water partition coefficient (Wildman–Crippen LogP) is 2.03. The van der Waals surface area contributed by atoms with E-state index in [1.807, 2.05) is 0 Å². The Hall–Kier alpha value is -1.13. The van der Waals surface area contributed by atoms with Gasteiger partial charge in [-0.15, -0.1) is 0 Å². The first-order valence-electron chi connectivity index (χ1n) is 5.97. The molecule has 0 aromatic heterocycles. The average molecular weight is 241 g/mol. The lowest BCUT2D eigenvalue weighted by atomic mass is 10.0. The summed E-state index contributed by atoms with van der Waals surface area (Å²) in [7, 11) is 0. The summed E-state index contributed by atoms with van der Waals surface area (Å²) < 4.78 is 13.0. The van der Waals surface area contributed by atoms with Crippen molar-refractivity contribution in [3.8, 4) is 5.75 Å². The summed E-state index contributed by atoms with van der Waals surface area (Å²) in [6.45, 7) is 3.45. The van der Waals surface area contributed by atoms with Gasteiger partial charge in [-0.1, -0.05) is 25.5 Å². The van der Waals surface area contributed by atoms with Crippen LogP contribution in [0.25, 0.3) is 0 Å². The number of phenolic OH excluding ortho intramolecular Hbond substituents is 1. The van der Waals surface area contributed by atoms with Gasteiger partial charge in [-0.3, -0.25) is 0 Å². The maximum Gasteiger partial charge on any atom is 0.165 e. The van der Waals surface area contributed by atoms with Gasteiger partial charge in [0.25, 0.3) is 0 Å². The molecule has 3 N–H and O–H groups in total. The number of phenols is 1. The third-order valence-electron chi connectivity index (χ3n) is 2.93. The summed E-state index contributed by atoms with van der Waals surface area (Å²) in [5, 5.41) is 21.5. The monoisotopic (exact) mass is 241 g/mol. The summed E-state index contributed by atoms with van der Waals surface area (Å²) in [5.41, 5.74) is 0.559. The van der Waals surface area contributed by atoms with E-state index in [0.717, 1.165) is 19.4 Å². The van der Waals surface area contributed by atoms with Crippen molar-refractivity contribution in [3.63, 3.8) is 0 Å². The highest BCUT2D eigenvalue weighted by atomic mass is 19.1. The quantitative estimate of drug-likeness (QED) is 0.684. The van der Waals surface area contributed by atoms with Crippen molar-refractivity contribution in [2.45, 2.75) is 26.3 Å². The highest BCUT2D eigenvalue weighted by Gasteiger charge is 2.08. The molecule has 0 aliphatic rings. The second kappa shape index (κ2) is 7.25. The third kappa shape index (κ3) is 4.32. The van der Waals surface area contributed by atoms with Crippen LogP contribution in [0.5, 0.6) is 5.75 Å². The lowest BCUT2D eigenvalue weighted by Crippen LogP contribution is -2.23. The Morgan fingerprint density at radius 2 is 2.18 bits per heavy atom. The number of halogens is 1. The molecule has 0 bridgehead atoms. The van der Waals surface area contributed by atoms with Crippen LogP contribution in [0.15, 0.2) is 18.2 Å². The SMILES string of the molecule is CCC(CCO)CNCc1cccc(F)c1O. The van der Waals surface area contributed by atoms with Crippen molar-refractivity contribution in [2.24, 2.45) is 5.92 Å². The predicted molar refractivity (Wildman–Crippen MR) is 65.3 cm³/mol.